The van der Waals surface area contributed by atoms with Crippen LogP contribution >= 0.6 is 0 Å². The Balaban J connectivity index is 1.39. The number of nitrogens with two attached hydrogens (primary N) is 1. The molecule has 0 aliphatic heterocycles. The molecule has 0 aromatic carbocycles. The summed E-state index contributed by atoms with van der Waals surface area (Å²) in [6.45, 7) is 27.0. The molecule has 0 spiro atoms. The maximum absolute atomic E-state index is 14.4. The molecule has 5 aliphatic rings. The van der Waals surface area contributed by atoms with Gasteiger partial charge in [0.05, 0.1) is 11.8 Å². The molecule has 0 radical (unpaired) electrons. The summed E-state index contributed by atoms with van der Waals surface area (Å²) in [7, 11) is 0. The number of carbonyl (C=O) groups excluding carboxylic acids is 2. The number of allylic oxidation sites excluding steroid dienone is 2. The number of hydrogen-bond acceptors (Lipinski definition) is 6. The van der Waals surface area contributed by atoms with Gasteiger partial charge in [0.15, 0.2) is 5.78 Å². The van der Waals surface area contributed by atoms with E-state index in [4.69, 9.17) is 10.5 Å². The van der Waals surface area contributed by atoms with Crippen molar-refractivity contribution < 1.29 is 24.2 Å². The fraction of sp³-hybridized carbons (Fsp3) is 0.881. The minimum Gasteiger partial charge on any atom is -0.481 e. The Kier molecular flexibility index (Phi) is 10.5. The van der Waals surface area contributed by atoms with Gasteiger partial charge in [-0.15, -0.1) is 0 Å². The van der Waals surface area contributed by atoms with E-state index in [0.29, 0.717) is 42.0 Å². The van der Waals surface area contributed by atoms with Gasteiger partial charge in [0.25, 0.3) is 0 Å². The zero-order valence-corrected chi connectivity index (χ0v) is 32.9. The Labute approximate surface area is 297 Å². The molecule has 4 saturated carbocycles. The summed E-state index contributed by atoms with van der Waals surface area (Å²) in [4.78, 5) is 41.6. The first-order chi connectivity index (χ1) is 22.7. The molecule has 9 atom stereocenters. The van der Waals surface area contributed by atoms with E-state index in [1.165, 1.54) is 18.4 Å². The minimum absolute atomic E-state index is 0.106. The second kappa shape index (κ2) is 13.4. The van der Waals surface area contributed by atoms with Crippen LogP contribution in [0.2, 0.25) is 0 Å². The Morgan fingerprint density at radius 3 is 2.16 bits per heavy atom. The Hall–Kier alpha value is -1.73. The highest BCUT2D eigenvalue weighted by Gasteiger charge is 2.69. The average Bonchev–Trinajstić information content (AvgIpc) is 3.27. The summed E-state index contributed by atoms with van der Waals surface area (Å²) in [5.74, 6) is 1.28. The number of esters is 1. The second-order valence-corrected chi connectivity index (χ2v) is 19.7. The lowest BCUT2D eigenvalue weighted by Crippen LogP contribution is -2.65. The quantitative estimate of drug-likeness (QED) is 0.211. The lowest BCUT2D eigenvalue weighted by molar-refractivity contribution is -0.232. The van der Waals surface area contributed by atoms with Crippen molar-refractivity contribution in [1.82, 2.24) is 4.90 Å². The zero-order valence-electron chi connectivity index (χ0n) is 32.9. The van der Waals surface area contributed by atoms with Gasteiger partial charge in [-0.3, -0.25) is 19.3 Å². The molecule has 0 saturated heterocycles. The molecule has 0 aromatic rings. The van der Waals surface area contributed by atoms with E-state index in [0.717, 1.165) is 58.0 Å². The molecule has 5 rings (SSSR count). The number of fused-ring (bicyclic) bond motifs is 7. The van der Waals surface area contributed by atoms with Gasteiger partial charge in [-0.1, -0.05) is 54.0 Å². The van der Waals surface area contributed by atoms with Crippen LogP contribution in [0.1, 0.15) is 140 Å². The molecule has 7 nitrogen and oxygen atoms in total. The standard InChI is InChI=1S/C42H70N2O5/c1-25(2)34-35-27(28(36(34)46)17-22-44(23-21-43)26(3)4)14-19-41(10)29(35)12-13-31-40(9)18-16-32(49-33(45)24-38(5,6)37(47)48)39(7,8)30(40)15-20-42(31,41)11/h25-32H,12-24,43H2,1-11H3,(H,47,48)/t27?,28-,29+,30?,31?,32-,40-,41+,42+/m0/s1. The largest absolute Gasteiger partial charge is 0.481 e. The summed E-state index contributed by atoms with van der Waals surface area (Å²) in [6, 6.07) is 0.426. The molecular formula is C42H70N2O5. The summed E-state index contributed by atoms with van der Waals surface area (Å²) < 4.78 is 6.17. The first kappa shape index (κ1) is 38.5. The Morgan fingerprint density at radius 1 is 0.918 bits per heavy atom. The van der Waals surface area contributed by atoms with Crippen molar-refractivity contribution in [2.75, 3.05) is 19.6 Å². The first-order valence-electron chi connectivity index (χ1n) is 19.8. The summed E-state index contributed by atoms with van der Waals surface area (Å²) >= 11 is 0. The van der Waals surface area contributed by atoms with Gasteiger partial charge in [-0.25, -0.2) is 0 Å². The van der Waals surface area contributed by atoms with Crippen molar-refractivity contribution in [1.29, 1.82) is 0 Å². The van der Waals surface area contributed by atoms with Crippen LogP contribution in [0, 0.1) is 62.6 Å². The highest BCUT2D eigenvalue weighted by molar-refractivity contribution is 6.01. The highest BCUT2D eigenvalue weighted by Crippen LogP contribution is 2.75. The topological polar surface area (TPSA) is 110 Å². The van der Waals surface area contributed by atoms with Crippen LogP contribution in [0.3, 0.4) is 0 Å². The highest BCUT2D eigenvalue weighted by atomic mass is 16.5. The van der Waals surface area contributed by atoms with Gasteiger partial charge >= 0.3 is 11.9 Å². The van der Waals surface area contributed by atoms with E-state index in [9.17, 15) is 19.5 Å². The molecule has 0 aromatic heterocycles. The number of Topliss-reactive ketones (excluding diaryl/α,β-unsaturated/α-hetero) is 1. The fourth-order valence-corrected chi connectivity index (χ4v) is 13.0. The van der Waals surface area contributed by atoms with Crippen LogP contribution in [0.5, 0.6) is 0 Å². The number of ether oxygens (including phenoxy) is 1. The van der Waals surface area contributed by atoms with Crippen LogP contribution in [-0.2, 0) is 19.1 Å². The van der Waals surface area contributed by atoms with Crippen LogP contribution < -0.4 is 5.73 Å². The van der Waals surface area contributed by atoms with E-state index in [2.05, 4.69) is 67.2 Å². The molecule has 0 bridgehead atoms. The van der Waals surface area contributed by atoms with E-state index in [1.807, 2.05) is 0 Å². The third kappa shape index (κ3) is 6.17. The molecule has 278 valence electrons. The maximum Gasteiger partial charge on any atom is 0.309 e. The van der Waals surface area contributed by atoms with Gasteiger partial charge in [-0.05, 0) is 143 Å². The van der Waals surface area contributed by atoms with Crippen LogP contribution in [0.4, 0.5) is 0 Å². The third-order valence-corrected chi connectivity index (χ3v) is 15.8. The van der Waals surface area contributed by atoms with Crippen molar-refractivity contribution in [2.45, 2.75) is 153 Å². The molecule has 5 aliphatic carbocycles. The van der Waals surface area contributed by atoms with Crippen molar-refractivity contribution in [3.05, 3.63) is 11.1 Å². The van der Waals surface area contributed by atoms with Gasteiger partial charge in [-0.2, -0.15) is 0 Å². The summed E-state index contributed by atoms with van der Waals surface area (Å²) in [6.07, 6.45) is 9.40. The molecule has 0 heterocycles. The van der Waals surface area contributed by atoms with Crippen molar-refractivity contribution in [3.8, 4) is 0 Å². The number of nitrogens with zero attached hydrogens (tertiary/aromatic N) is 1. The summed E-state index contributed by atoms with van der Waals surface area (Å²) in [5, 5.41) is 9.59. The summed E-state index contributed by atoms with van der Waals surface area (Å²) in [5.41, 5.74) is 7.81. The molecule has 3 unspecified atom stereocenters. The number of ketones is 1. The SMILES string of the molecule is CC(C)C1=C2C(CC[C@]3(C)[C@@H]2CCC2[C@@]4(C)CC[C@H](OC(=O)CC(C)(C)C(=O)O)C(C)(C)C4CC[C@]23C)[C@H](CCN(CCN)C(C)C)C1=O. The lowest BCUT2D eigenvalue weighted by Gasteiger charge is -2.71. The van der Waals surface area contributed by atoms with Gasteiger partial charge < -0.3 is 15.6 Å². The van der Waals surface area contributed by atoms with Crippen LogP contribution in [-0.4, -0.2) is 59.5 Å². The van der Waals surface area contributed by atoms with Crippen molar-refractivity contribution >= 4 is 17.7 Å². The van der Waals surface area contributed by atoms with Crippen molar-refractivity contribution in [3.63, 3.8) is 0 Å². The molecule has 3 N–H and O–H groups in total. The van der Waals surface area contributed by atoms with Gasteiger partial charge in [0.2, 0.25) is 0 Å². The third-order valence-electron chi connectivity index (χ3n) is 15.8. The number of carbonyl (C=O) groups is 3. The van der Waals surface area contributed by atoms with E-state index >= 15 is 0 Å². The van der Waals surface area contributed by atoms with E-state index in [1.54, 1.807) is 19.4 Å². The minimum atomic E-state index is -1.14. The molecule has 7 heteroatoms. The van der Waals surface area contributed by atoms with Gasteiger partial charge in [0.1, 0.15) is 6.10 Å². The molecular weight excluding hydrogens is 612 g/mol. The Morgan fingerprint density at radius 2 is 1.57 bits per heavy atom. The molecule has 4 fully saturated rings. The molecule has 49 heavy (non-hydrogen) atoms. The maximum atomic E-state index is 14.4. The number of hydrogen-bond donors (Lipinski definition) is 2. The fourth-order valence-electron chi connectivity index (χ4n) is 13.0. The van der Waals surface area contributed by atoms with E-state index in [-0.39, 0.29) is 46.0 Å². The Bertz CT molecular complexity index is 1330. The second-order valence-electron chi connectivity index (χ2n) is 19.7. The predicted molar refractivity (Wildman–Crippen MR) is 196 cm³/mol. The van der Waals surface area contributed by atoms with Crippen LogP contribution in [0.15, 0.2) is 11.1 Å². The number of carboxylic acid groups (broad SMARTS) is 1. The predicted octanol–water partition coefficient (Wildman–Crippen LogP) is 8.29. The first-order valence-corrected chi connectivity index (χ1v) is 19.8. The normalized spacial score (nSPS) is 38.7. The number of aliphatic carboxylic acids is 1. The van der Waals surface area contributed by atoms with Gasteiger partial charge in [0, 0.05) is 30.5 Å². The lowest BCUT2D eigenvalue weighted by atomic mass is 9.33. The average molecular weight is 683 g/mol. The van der Waals surface area contributed by atoms with Crippen LogP contribution in [0.25, 0.3) is 0 Å². The molecule has 0 amide bonds. The zero-order chi connectivity index (χ0) is 36.5. The number of carboxylic acids is 1. The van der Waals surface area contributed by atoms with Crippen molar-refractivity contribution in [2.24, 2.45) is 68.3 Å². The smallest absolute Gasteiger partial charge is 0.309 e. The van der Waals surface area contributed by atoms with E-state index < -0.39 is 17.4 Å². The monoisotopic (exact) mass is 683 g/mol. The number of rotatable bonds is 11.